The van der Waals surface area contributed by atoms with Crippen molar-refractivity contribution >= 4 is 21.7 Å². The lowest BCUT2D eigenvalue weighted by atomic mass is 10.0. The number of hydrogen-bond acceptors (Lipinski definition) is 3. The van der Waals surface area contributed by atoms with Crippen LogP contribution in [0.4, 0.5) is 5.82 Å². The molecule has 3 N–H and O–H groups in total. The molecule has 0 bridgehead atoms. The van der Waals surface area contributed by atoms with Crippen LogP contribution in [0.15, 0.2) is 51.9 Å². The quantitative estimate of drug-likeness (QED) is 0.750. The maximum atomic E-state index is 11.2. The molecule has 0 atom stereocenters. The molecular weight excluding hydrogens is 332 g/mol. The zero-order valence-corrected chi connectivity index (χ0v) is 12.9. The molecular formula is C15H13BrN4O. The van der Waals surface area contributed by atoms with Crippen molar-refractivity contribution in [2.24, 2.45) is 7.05 Å². The van der Waals surface area contributed by atoms with Gasteiger partial charge in [-0.15, -0.1) is 0 Å². The molecule has 2 heterocycles. The lowest BCUT2D eigenvalue weighted by Crippen LogP contribution is -2.01. The fourth-order valence-corrected chi connectivity index (χ4v) is 2.62. The fourth-order valence-electron chi connectivity index (χ4n) is 2.23. The first-order valence-corrected chi connectivity index (χ1v) is 7.13. The highest BCUT2D eigenvalue weighted by Crippen LogP contribution is 2.36. The monoisotopic (exact) mass is 344 g/mol. The predicted molar refractivity (Wildman–Crippen MR) is 86.8 cm³/mol. The Morgan fingerprint density at radius 3 is 2.71 bits per heavy atom. The molecule has 106 valence electrons. The fraction of sp³-hybridized carbons (Fsp3) is 0.0667. The van der Waals surface area contributed by atoms with E-state index >= 15 is 0 Å². The SMILES string of the molecule is Cn1nc(-c2ccc(=O)[nH]c2)c(-c2cccc(Br)c2)c1N. The van der Waals surface area contributed by atoms with E-state index in [4.69, 9.17) is 5.73 Å². The van der Waals surface area contributed by atoms with Gasteiger partial charge >= 0.3 is 0 Å². The average Bonchev–Trinajstić information content (AvgIpc) is 2.76. The normalized spacial score (nSPS) is 10.8. The topological polar surface area (TPSA) is 76.7 Å². The third-order valence-corrected chi connectivity index (χ3v) is 3.76. The van der Waals surface area contributed by atoms with Crippen LogP contribution in [-0.4, -0.2) is 14.8 Å². The van der Waals surface area contributed by atoms with Crippen LogP contribution in [0.2, 0.25) is 0 Å². The minimum absolute atomic E-state index is 0.147. The van der Waals surface area contributed by atoms with Crippen molar-refractivity contribution in [1.29, 1.82) is 0 Å². The molecule has 0 aliphatic heterocycles. The number of nitrogens with two attached hydrogens (primary N) is 1. The molecule has 3 aromatic rings. The standard InChI is InChI=1S/C15H13BrN4O/c1-20-15(17)13(9-3-2-4-11(16)7-9)14(19-20)10-5-6-12(21)18-8-10/h2-8H,17H2,1H3,(H,18,21). The van der Waals surface area contributed by atoms with E-state index in [9.17, 15) is 4.79 Å². The summed E-state index contributed by atoms with van der Waals surface area (Å²) < 4.78 is 2.60. The predicted octanol–water partition coefficient (Wildman–Crippen LogP) is 2.79. The molecule has 0 radical (unpaired) electrons. The highest BCUT2D eigenvalue weighted by Gasteiger charge is 2.17. The van der Waals surface area contributed by atoms with Crippen LogP contribution in [0.5, 0.6) is 0 Å². The summed E-state index contributed by atoms with van der Waals surface area (Å²) in [6.45, 7) is 0. The lowest BCUT2D eigenvalue weighted by Gasteiger charge is -2.05. The third-order valence-electron chi connectivity index (χ3n) is 3.26. The third kappa shape index (κ3) is 2.50. The number of anilines is 1. The number of aromatic amines is 1. The number of hydrogen-bond donors (Lipinski definition) is 2. The number of aromatic nitrogens is 3. The zero-order chi connectivity index (χ0) is 15.0. The second-order valence-corrected chi connectivity index (χ2v) is 5.60. The van der Waals surface area contributed by atoms with Crippen molar-refractivity contribution in [2.75, 3.05) is 5.73 Å². The van der Waals surface area contributed by atoms with Crippen molar-refractivity contribution in [3.8, 4) is 22.4 Å². The van der Waals surface area contributed by atoms with Crippen LogP contribution >= 0.6 is 15.9 Å². The van der Waals surface area contributed by atoms with E-state index < -0.39 is 0 Å². The number of aryl methyl sites for hydroxylation is 1. The summed E-state index contributed by atoms with van der Waals surface area (Å²) in [6, 6.07) is 11.1. The number of pyridine rings is 1. The molecule has 0 fully saturated rings. The highest BCUT2D eigenvalue weighted by atomic mass is 79.9. The Morgan fingerprint density at radius 2 is 2.05 bits per heavy atom. The molecule has 5 nitrogen and oxygen atoms in total. The number of benzene rings is 1. The number of halogens is 1. The molecule has 0 saturated heterocycles. The van der Waals surface area contributed by atoms with Gasteiger partial charge in [0.1, 0.15) is 11.5 Å². The molecule has 21 heavy (non-hydrogen) atoms. The van der Waals surface area contributed by atoms with Gasteiger partial charge < -0.3 is 10.7 Å². The van der Waals surface area contributed by atoms with Crippen LogP contribution in [0.3, 0.4) is 0 Å². The van der Waals surface area contributed by atoms with Gasteiger partial charge in [0.2, 0.25) is 5.56 Å². The van der Waals surface area contributed by atoms with E-state index in [2.05, 4.69) is 26.0 Å². The van der Waals surface area contributed by atoms with Crippen molar-refractivity contribution < 1.29 is 0 Å². The van der Waals surface area contributed by atoms with Crippen LogP contribution in [0.1, 0.15) is 0 Å². The molecule has 0 unspecified atom stereocenters. The molecule has 6 heteroatoms. The molecule has 2 aromatic heterocycles. The molecule has 0 aliphatic carbocycles. The molecule has 3 rings (SSSR count). The van der Waals surface area contributed by atoms with Crippen molar-refractivity contribution in [3.63, 3.8) is 0 Å². The van der Waals surface area contributed by atoms with Gasteiger partial charge in [-0.3, -0.25) is 9.48 Å². The number of H-pyrrole nitrogens is 1. The molecule has 0 saturated carbocycles. The maximum absolute atomic E-state index is 11.2. The van der Waals surface area contributed by atoms with Gasteiger partial charge in [0, 0.05) is 29.3 Å². The summed E-state index contributed by atoms with van der Waals surface area (Å²) >= 11 is 3.47. The molecule has 0 aliphatic rings. The average molecular weight is 345 g/mol. The van der Waals surface area contributed by atoms with E-state index in [0.717, 1.165) is 26.9 Å². The number of rotatable bonds is 2. The number of nitrogen functional groups attached to an aromatic ring is 1. The summed E-state index contributed by atoms with van der Waals surface area (Å²) in [5, 5.41) is 4.47. The van der Waals surface area contributed by atoms with E-state index in [0.29, 0.717) is 5.82 Å². The largest absolute Gasteiger partial charge is 0.383 e. The number of nitrogens with one attached hydrogen (secondary N) is 1. The van der Waals surface area contributed by atoms with Gasteiger partial charge in [0.25, 0.3) is 0 Å². The van der Waals surface area contributed by atoms with Crippen LogP contribution in [0.25, 0.3) is 22.4 Å². The minimum Gasteiger partial charge on any atom is -0.383 e. The summed E-state index contributed by atoms with van der Waals surface area (Å²) in [4.78, 5) is 13.9. The van der Waals surface area contributed by atoms with Crippen LogP contribution in [-0.2, 0) is 7.05 Å². The molecule has 0 amide bonds. The Hall–Kier alpha value is -2.34. The van der Waals surface area contributed by atoms with Gasteiger partial charge in [-0.25, -0.2) is 0 Å². The first-order valence-electron chi connectivity index (χ1n) is 6.34. The molecule has 0 spiro atoms. The van der Waals surface area contributed by atoms with E-state index in [1.54, 1.807) is 24.0 Å². The van der Waals surface area contributed by atoms with E-state index in [1.165, 1.54) is 6.07 Å². The highest BCUT2D eigenvalue weighted by molar-refractivity contribution is 9.10. The van der Waals surface area contributed by atoms with Gasteiger partial charge in [0.05, 0.1) is 5.56 Å². The Kier molecular flexibility index (Phi) is 3.39. The Balaban J connectivity index is 2.25. The summed E-state index contributed by atoms with van der Waals surface area (Å²) in [5.41, 5.74) is 9.40. The van der Waals surface area contributed by atoms with Crippen LogP contribution < -0.4 is 11.3 Å². The summed E-state index contributed by atoms with van der Waals surface area (Å²) in [5.74, 6) is 0.578. The number of nitrogens with zero attached hydrogens (tertiary/aromatic N) is 2. The summed E-state index contributed by atoms with van der Waals surface area (Å²) in [6.07, 6.45) is 1.64. The Labute approximate surface area is 129 Å². The lowest BCUT2D eigenvalue weighted by molar-refractivity contribution is 0.782. The minimum atomic E-state index is -0.147. The van der Waals surface area contributed by atoms with Crippen molar-refractivity contribution in [2.45, 2.75) is 0 Å². The van der Waals surface area contributed by atoms with Crippen molar-refractivity contribution in [1.82, 2.24) is 14.8 Å². The van der Waals surface area contributed by atoms with Crippen molar-refractivity contribution in [3.05, 3.63) is 57.4 Å². The molecule has 1 aromatic carbocycles. The first-order chi connectivity index (χ1) is 10.1. The smallest absolute Gasteiger partial charge is 0.247 e. The summed E-state index contributed by atoms with van der Waals surface area (Å²) in [7, 11) is 1.80. The zero-order valence-electron chi connectivity index (χ0n) is 11.3. The first kappa shape index (κ1) is 13.6. The second-order valence-electron chi connectivity index (χ2n) is 4.68. The van der Waals surface area contributed by atoms with E-state index in [1.807, 2.05) is 24.3 Å². The van der Waals surface area contributed by atoms with Gasteiger partial charge in [-0.2, -0.15) is 5.10 Å². The maximum Gasteiger partial charge on any atom is 0.247 e. The van der Waals surface area contributed by atoms with E-state index in [-0.39, 0.29) is 5.56 Å². The Morgan fingerprint density at radius 1 is 1.24 bits per heavy atom. The van der Waals surface area contributed by atoms with Gasteiger partial charge in [0.15, 0.2) is 0 Å². The van der Waals surface area contributed by atoms with Crippen LogP contribution in [0, 0.1) is 0 Å². The van der Waals surface area contributed by atoms with Gasteiger partial charge in [-0.05, 0) is 23.8 Å². The Bertz CT molecular complexity index is 846. The second kappa shape index (κ2) is 5.21. The van der Waals surface area contributed by atoms with Gasteiger partial charge in [-0.1, -0.05) is 28.1 Å².